The number of hydrogen-bond acceptors (Lipinski definition) is 3. The zero-order valence-electron chi connectivity index (χ0n) is 14.1. The second kappa shape index (κ2) is 7.58. The molecule has 0 aliphatic heterocycles. The predicted molar refractivity (Wildman–Crippen MR) is 103 cm³/mol. The SMILES string of the molecule is Fc1ccc(-c2cnnn2-c2ccccc2Oc2ccc(Cl)cc2Cl)c(F)c1. The summed E-state index contributed by atoms with van der Waals surface area (Å²) in [5.74, 6) is -0.571. The highest BCUT2D eigenvalue weighted by atomic mass is 35.5. The monoisotopic (exact) mass is 417 g/mol. The third kappa shape index (κ3) is 3.56. The van der Waals surface area contributed by atoms with Crippen LogP contribution in [-0.2, 0) is 0 Å². The molecule has 0 N–H and O–H groups in total. The van der Waals surface area contributed by atoms with Crippen molar-refractivity contribution in [2.75, 3.05) is 0 Å². The summed E-state index contributed by atoms with van der Waals surface area (Å²) < 4.78 is 34.9. The Bertz CT molecular complexity index is 1160. The van der Waals surface area contributed by atoms with Gasteiger partial charge in [0.05, 0.1) is 16.9 Å². The minimum absolute atomic E-state index is 0.158. The second-order valence-electron chi connectivity index (χ2n) is 5.80. The van der Waals surface area contributed by atoms with Crippen LogP contribution in [0.5, 0.6) is 11.5 Å². The molecule has 1 heterocycles. The molecule has 0 spiro atoms. The molecule has 0 bridgehead atoms. The Morgan fingerprint density at radius 3 is 2.50 bits per heavy atom. The van der Waals surface area contributed by atoms with E-state index in [4.69, 9.17) is 27.9 Å². The molecule has 0 radical (unpaired) electrons. The van der Waals surface area contributed by atoms with Crippen LogP contribution >= 0.6 is 23.2 Å². The minimum atomic E-state index is -0.720. The Labute approximate surface area is 168 Å². The van der Waals surface area contributed by atoms with E-state index in [1.807, 2.05) is 0 Å². The van der Waals surface area contributed by atoms with Gasteiger partial charge >= 0.3 is 0 Å². The van der Waals surface area contributed by atoms with E-state index < -0.39 is 11.6 Å². The fourth-order valence-electron chi connectivity index (χ4n) is 2.69. The summed E-state index contributed by atoms with van der Waals surface area (Å²) in [5, 5.41) is 8.73. The summed E-state index contributed by atoms with van der Waals surface area (Å²) in [6, 6.07) is 15.2. The lowest BCUT2D eigenvalue weighted by atomic mass is 10.1. The molecule has 4 aromatic rings. The molecule has 0 atom stereocenters. The molecular formula is C20H11Cl2F2N3O. The Kier molecular flexibility index (Phi) is 4.98. The molecule has 1 aromatic heterocycles. The van der Waals surface area contributed by atoms with Crippen molar-refractivity contribution < 1.29 is 13.5 Å². The van der Waals surface area contributed by atoms with Crippen LogP contribution in [0.4, 0.5) is 8.78 Å². The van der Waals surface area contributed by atoms with E-state index in [0.717, 1.165) is 6.07 Å². The molecule has 3 aromatic carbocycles. The number of nitrogens with zero attached hydrogens (tertiary/aromatic N) is 3. The van der Waals surface area contributed by atoms with Gasteiger partial charge in [-0.05, 0) is 42.5 Å². The van der Waals surface area contributed by atoms with Crippen molar-refractivity contribution in [1.29, 1.82) is 0 Å². The fraction of sp³-hybridized carbons (Fsp3) is 0. The summed E-state index contributed by atoms with van der Waals surface area (Å²) in [6.45, 7) is 0. The van der Waals surface area contributed by atoms with Gasteiger partial charge in [0.25, 0.3) is 0 Å². The van der Waals surface area contributed by atoms with E-state index in [1.54, 1.807) is 42.5 Å². The summed E-state index contributed by atoms with van der Waals surface area (Å²) >= 11 is 12.1. The van der Waals surface area contributed by atoms with E-state index in [2.05, 4.69) is 10.3 Å². The molecule has 0 amide bonds. The highest BCUT2D eigenvalue weighted by Gasteiger charge is 2.17. The van der Waals surface area contributed by atoms with Crippen LogP contribution in [0.15, 0.2) is 66.9 Å². The maximum absolute atomic E-state index is 14.3. The predicted octanol–water partition coefficient (Wildman–Crippen LogP) is 6.31. The number of ether oxygens (including phenoxy) is 1. The van der Waals surface area contributed by atoms with Crippen LogP contribution in [-0.4, -0.2) is 15.0 Å². The quantitative estimate of drug-likeness (QED) is 0.390. The van der Waals surface area contributed by atoms with Crippen LogP contribution in [0.1, 0.15) is 0 Å². The van der Waals surface area contributed by atoms with Crippen molar-refractivity contribution >= 4 is 23.2 Å². The average Bonchev–Trinajstić information content (AvgIpc) is 3.14. The number of para-hydroxylation sites is 2. The molecule has 0 aliphatic carbocycles. The zero-order chi connectivity index (χ0) is 19.7. The lowest BCUT2D eigenvalue weighted by molar-refractivity contribution is 0.478. The molecule has 140 valence electrons. The van der Waals surface area contributed by atoms with E-state index in [1.165, 1.54) is 23.0 Å². The molecule has 0 saturated heterocycles. The van der Waals surface area contributed by atoms with Gasteiger partial charge in [0.1, 0.15) is 23.1 Å². The van der Waals surface area contributed by atoms with E-state index >= 15 is 0 Å². The third-order valence-corrected chi connectivity index (χ3v) is 4.49. The zero-order valence-corrected chi connectivity index (χ0v) is 15.6. The normalized spacial score (nSPS) is 10.9. The Hall–Kier alpha value is -2.96. The number of benzene rings is 3. The fourth-order valence-corrected chi connectivity index (χ4v) is 3.14. The maximum Gasteiger partial charge on any atom is 0.153 e. The first-order chi connectivity index (χ1) is 13.5. The minimum Gasteiger partial charge on any atom is -0.454 e. The van der Waals surface area contributed by atoms with Crippen molar-refractivity contribution in [3.05, 3.63) is 88.5 Å². The summed E-state index contributed by atoms with van der Waals surface area (Å²) in [5.41, 5.74) is 1.01. The van der Waals surface area contributed by atoms with Crippen molar-refractivity contribution in [2.45, 2.75) is 0 Å². The number of aromatic nitrogens is 3. The average molecular weight is 418 g/mol. The van der Waals surface area contributed by atoms with Gasteiger partial charge in [0, 0.05) is 16.7 Å². The van der Waals surface area contributed by atoms with Gasteiger partial charge in [-0.1, -0.05) is 40.5 Å². The first kappa shape index (κ1) is 18.4. The van der Waals surface area contributed by atoms with Crippen molar-refractivity contribution in [1.82, 2.24) is 15.0 Å². The van der Waals surface area contributed by atoms with Crippen molar-refractivity contribution in [3.63, 3.8) is 0 Å². The molecular weight excluding hydrogens is 407 g/mol. The number of halogens is 4. The van der Waals surface area contributed by atoms with Gasteiger partial charge < -0.3 is 4.74 Å². The summed E-state index contributed by atoms with van der Waals surface area (Å²) in [7, 11) is 0. The number of hydrogen-bond donors (Lipinski definition) is 0. The lowest BCUT2D eigenvalue weighted by Crippen LogP contribution is -2.03. The lowest BCUT2D eigenvalue weighted by Gasteiger charge is -2.14. The van der Waals surface area contributed by atoms with Crippen molar-refractivity contribution in [3.8, 4) is 28.4 Å². The topological polar surface area (TPSA) is 39.9 Å². The molecule has 8 heteroatoms. The maximum atomic E-state index is 14.3. The third-order valence-electron chi connectivity index (χ3n) is 3.96. The van der Waals surface area contributed by atoms with Crippen LogP contribution in [0.2, 0.25) is 10.0 Å². The first-order valence-corrected chi connectivity index (χ1v) is 8.87. The van der Waals surface area contributed by atoms with Gasteiger partial charge in [-0.3, -0.25) is 0 Å². The van der Waals surface area contributed by atoms with Gasteiger partial charge in [-0.15, -0.1) is 5.10 Å². The Morgan fingerprint density at radius 1 is 0.893 bits per heavy atom. The van der Waals surface area contributed by atoms with E-state index in [9.17, 15) is 8.78 Å². The van der Waals surface area contributed by atoms with Gasteiger partial charge in [0.2, 0.25) is 0 Å². The smallest absolute Gasteiger partial charge is 0.153 e. The summed E-state index contributed by atoms with van der Waals surface area (Å²) in [4.78, 5) is 0. The molecule has 0 saturated carbocycles. The number of rotatable bonds is 4. The Morgan fingerprint density at radius 2 is 1.71 bits per heavy atom. The van der Waals surface area contributed by atoms with Crippen LogP contribution in [0.3, 0.4) is 0 Å². The highest BCUT2D eigenvalue weighted by molar-refractivity contribution is 6.35. The van der Waals surface area contributed by atoms with Gasteiger partial charge in [0.15, 0.2) is 5.75 Å². The van der Waals surface area contributed by atoms with E-state index in [-0.39, 0.29) is 5.56 Å². The largest absolute Gasteiger partial charge is 0.454 e. The van der Waals surface area contributed by atoms with Gasteiger partial charge in [-0.2, -0.15) is 0 Å². The molecule has 0 aliphatic rings. The Balaban J connectivity index is 1.79. The molecule has 0 fully saturated rings. The van der Waals surface area contributed by atoms with Crippen LogP contribution in [0.25, 0.3) is 16.9 Å². The van der Waals surface area contributed by atoms with Gasteiger partial charge in [-0.25, -0.2) is 13.5 Å². The van der Waals surface area contributed by atoms with Crippen LogP contribution in [0, 0.1) is 11.6 Å². The highest BCUT2D eigenvalue weighted by Crippen LogP contribution is 2.35. The molecule has 4 rings (SSSR count). The van der Waals surface area contributed by atoms with Crippen molar-refractivity contribution in [2.24, 2.45) is 0 Å². The van der Waals surface area contributed by atoms with E-state index in [0.29, 0.717) is 32.9 Å². The second-order valence-corrected chi connectivity index (χ2v) is 6.64. The molecule has 28 heavy (non-hydrogen) atoms. The molecule has 4 nitrogen and oxygen atoms in total. The summed E-state index contributed by atoms with van der Waals surface area (Å²) in [6.07, 6.45) is 1.39. The first-order valence-electron chi connectivity index (χ1n) is 8.11. The molecule has 0 unspecified atom stereocenters. The van der Waals surface area contributed by atoms with Crippen LogP contribution < -0.4 is 4.74 Å². The standard InChI is InChI=1S/C20H11Cl2F2N3O/c21-12-5-8-19(15(22)9-12)28-20-4-2-1-3-17(20)27-18(11-25-26-27)14-7-6-13(23)10-16(14)24/h1-11H.